The van der Waals surface area contributed by atoms with Gasteiger partial charge in [-0.05, 0) is 38.4 Å². The summed E-state index contributed by atoms with van der Waals surface area (Å²) in [5.74, 6) is -0.0955. The molecule has 3 rings (SSSR count). The summed E-state index contributed by atoms with van der Waals surface area (Å²) in [4.78, 5) is 13.0. The summed E-state index contributed by atoms with van der Waals surface area (Å²) in [6.07, 6.45) is 5.33. The van der Waals surface area contributed by atoms with E-state index in [0.717, 1.165) is 48.4 Å². The van der Waals surface area contributed by atoms with Crippen molar-refractivity contribution in [2.45, 2.75) is 39.8 Å². The first-order valence-corrected chi connectivity index (χ1v) is 15.2. The molecule has 0 radical (unpaired) electrons. The molecular weight excluding hydrogens is 765 g/mol. The topological polar surface area (TPSA) is 264 Å². The van der Waals surface area contributed by atoms with Gasteiger partial charge in [-0.15, -0.1) is 20.5 Å². The second kappa shape index (κ2) is 29.8. The molecule has 0 aliphatic carbocycles. The molecule has 3 aromatic rings. The van der Waals surface area contributed by atoms with Crippen LogP contribution in [0.15, 0.2) is 67.0 Å². The van der Waals surface area contributed by atoms with E-state index in [0.29, 0.717) is 13.1 Å². The van der Waals surface area contributed by atoms with Crippen LogP contribution in [0.4, 0.5) is 4.39 Å². The molecule has 0 aliphatic heterocycles. The van der Waals surface area contributed by atoms with E-state index in [1.54, 1.807) is 12.1 Å². The molecule has 0 fully saturated rings. The van der Waals surface area contributed by atoms with Crippen molar-refractivity contribution in [1.82, 2.24) is 19.8 Å². The molecule has 0 spiro atoms. The Morgan fingerprint density at radius 1 is 0.638 bits per heavy atom. The van der Waals surface area contributed by atoms with Crippen LogP contribution in [-0.4, -0.2) is 47.0 Å². The molecule has 0 aliphatic rings. The molecule has 0 amide bonds. The van der Waals surface area contributed by atoms with Crippen molar-refractivity contribution in [1.29, 1.82) is 10.5 Å². The minimum Gasteiger partial charge on any atom is -0.302 e. The Morgan fingerprint density at radius 3 is 1.19 bits per heavy atom. The predicted octanol–water partition coefficient (Wildman–Crippen LogP) is -4.49. The van der Waals surface area contributed by atoms with Crippen molar-refractivity contribution in [3.63, 3.8) is 0 Å². The number of halogens is 3. The largest absolute Gasteiger partial charge is 1.00 e. The summed E-state index contributed by atoms with van der Waals surface area (Å²) in [6, 6.07) is 21.1. The summed E-state index contributed by atoms with van der Waals surface area (Å²) < 4.78 is 83.0. The van der Waals surface area contributed by atoms with Crippen LogP contribution in [0.1, 0.15) is 36.4 Å². The van der Waals surface area contributed by atoms with E-state index >= 15 is 4.39 Å². The van der Waals surface area contributed by atoms with Gasteiger partial charge in [-0.25, -0.2) is 41.7 Å². The third-order valence-corrected chi connectivity index (χ3v) is 4.99. The number of benzene rings is 1. The molecule has 0 saturated heterocycles. The standard InChI is InChI=1S/C24H29FN4.2C2H3N.2ClHO4.2Cu/c1-28(16-12-22-10-3-5-14-26-22)18-20-8-7-9-21(24(20)25)19-29(2)17-13-23-11-4-6-15-27-23;2*1-2-3;2*2-1(3,4)5;;/h3-11,14-15H,12-13,16-19H2,1-2H3;2*1H3;2*(H,2,3,4,5);;/q;;;;;2*+1/p-2. The molecule has 47 heavy (non-hydrogen) atoms. The fraction of sp³-hybridized carbons (Fsp3) is 0.357. The monoisotopic (exact) mass is 798 g/mol. The zero-order valence-corrected chi connectivity index (χ0v) is 29.2. The molecule has 1 aromatic carbocycles. The number of likely N-dealkylation sites (N-methyl/N-ethyl adjacent to an activating group) is 2. The smallest absolute Gasteiger partial charge is 0.302 e. The molecule has 2 aromatic heterocycles. The number of hydrogen-bond donors (Lipinski definition) is 0. The van der Waals surface area contributed by atoms with E-state index in [2.05, 4.69) is 19.8 Å². The van der Waals surface area contributed by atoms with Gasteiger partial charge in [0, 0.05) is 87.8 Å². The minimum atomic E-state index is -4.94. The van der Waals surface area contributed by atoms with E-state index in [9.17, 15) is 0 Å². The van der Waals surface area contributed by atoms with Crippen LogP contribution in [-0.2, 0) is 60.1 Å². The predicted molar refractivity (Wildman–Crippen MR) is 138 cm³/mol. The van der Waals surface area contributed by atoms with Gasteiger partial charge < -0.3 is 9.80 Å². The molecule has 0 unspecified atom stereocenters. The maximum atomic E-state index is 15.0. The zero-order valence-electron chi connectivity index (χ0n) is 25.8. The normalized spacial score (nSPS) is 9.89. The Balaban J connectivity index is -0.000000431. The van der Waals surface area contributed by atoms with Crippen molar-refractivity contribution in [3.05, 3.63) is 95.3 Å². The van der Waals surface area contributed by atoms with E-state index in [-0.39, 0.29) is 40.0 Å². The summed E-state index contributed by atoms with van der Waals surface area (Å²) in [5.41, 5.74) is 3.60. The Morgan fingerprint density at radius 2 is 0.936 bits per heavy atom. The van der Waals surface area contributed by atoms with Gasteiger partial charge in [0.2, 0.25) is 0 Å². The quantitative estimate of drug-likeness (QED) is 0.175. The van der Waals surface area contributed by atoms with Gasteiger partial charge in [-0.2, -0.15) is 10.5 Å². The Bertz CT molecular complexity index is 1160. The van der Waals surface area contributed by atoms with Gasteiger partial charge in [0.05, 0.1) is 12.1 Å². The minimum absolute atomic E-state index is 0. The van der Waals surface area contributed by atoms with Crippen molar-refractivity contribution < 1.29 is 96.3 Å². The Hall–Kier alpha value is -2.35. The fourth-order valence-electron chi connectivity index (χ4n) is 3.32. The summed E-state index contributed by atoms with van der Waals surface area (Å²) in [7, 11) is -5.85. The second-order valence-electron chi connectivity index (χ2n) is 8.71. The fourth-order valence-corrected chi connectivity index (χ4v) is 3.32. The van der Waals surface area contributed by atoms with Gasteiger partial charge in [0.25, 0.3) is 0 Å². The molecule has 14 nitrogen and oxygen atoms in total. The van der Waals surface area contributed by atoms with Crippen molar-refractivity contribution >= 4 is 0 Å². The number of pyridine rings is 2. The number of nitrogens with zero attached hydrogens (tertiary/aromatic N) is 6. The average Bonchev–Trinajstić information content (AvgIpc) is 2.93. The average molecular weight is 801 g/mol. The van der Waals surface area contributed by atoms with Crippen molar-refractivity contribution in [2.75, 3.05) is 27.2 Å². The summed E-state index contributed by atoms with van der Waals surface area (Å²) in [5, 5.41) is 14.6. The van der Waals surface area contributed by atoms with Crippen LogP contribution < -0.4 is 37.3 Å². The molecule has 0 atom stereocenters. The number of nitriles is 2. The van der Waals surface area contributed by atoms with Crippen LogP contribution in [0, 0.1) is 49.0 Å². The van der Waals surface area contributed by atoms with E-state index < -0.39 is 20.5 Å². The SMILES string of the molecule is CC#N.CC#N.CN(CCc1ccccn1)Cc1cccc(CN(C)CCc2ccccn2)c1F.[Cu+].[Cu+].[O-][Cl+3]([O-])([O-])[O-].[O-][Cl+3]([O-])([O-])[O-]. The van der Waals surface area contributed by atoms with E-state index in [1.807, 2.05) is 81.1 Å². The molecule has 0 N–H and O–H groups in total. The Labute approximate surface area is 299 Å². The molecular formula is C28H35Cl2Cu2FN6O8. The third kappa shape index (κ3) is 36.3. The van der Waals surface area contributed by atoms with E-state index in [1.165, 1.54) is 13.8 Å². The first-order valence-electron chi connectivity index (χ1n) is 12.7. The van der Waals surface area contributed by atoms with Crippen molar-refractivity contribution in [2.24, 2.45) is 0 Å². The maximum absolute atomic E-state index is 15.0. The maximum Gasteiger partial charge on any atom is 1.00 e. The van der Waals surface area contributed by atoms with Crippen LogP contribution in [0.5, 0.6) is 0 Å². The van der Waals surface area contributed by atoms with Gasteiger partial charge in [-0.3, -0.25) is 9.97 Å². The first kappa shape index (κ1) is 51.5. The van der Waals surface area contributed by atoms with Crippen molar-refractivity contribution in [3.8, 4) is 12.1 Å². The molecule has 19 heteroatoms. The third-order valence-electron chi connectivity index (χ3n) is 4.99. The van der Waals surface area contributed by atoms with Crippen LogP contribution in [0.25, 0.3) is 0 Å². The molecule has 0 bridgehead atoms. The van der Waals surface area contributed by atoms with Crippen LogP contribution in [0.2, 0.25) is 0 Å². The summed E-state index contributed by atoms with van der Waals surface area (Å²) >= 11 is 0. The summed E-state index contributed by atoms with van der Waals surface area (Å²) in [6.45, 7) is 5.71. The number of rotatable bonds is 10. The van der Waals surface area contributed by atoms with Gasteiger partial charge in [0.1, 0.15) is 5.82 Å². The van der Waals surface area contributed by atoms with Crippen LogP contribution >= 0.6 is 0 Å². The number of hydrogen-bond acceptors (Lipinski definition) is 14. The number of aromatic nitrogens is 2. The first-order chi connectivity index (χ1) is 20.9. The molecule has 268 valence electrons. The molecule has 0 saturated carbocycles. The molecule has 2 heterocycles. The van der Waals surface area contributed by atoms with E-state index in [4.69, 9.17) is 47.8 Å². The van der Waals surface area contributed by atoms with Gasteiger partial charge in [0.15, 0.2) is 0 Å². The Kier molecular flexibility index (Phi) is 32.6. The zero-order chi connectivity index (χ0) is 34.9. The van der Waals surface area contributed by atoms with Gasteiger partial charge >= 0.3 is 34.1 Å². The second-order valence-corrected chi connectivity index (χ2v) is 10.2. The van der Waals surface area contributed by atoms with Gasteiger partial charge in [-0.1, -0.05) is 30.3 Å². The van der Waals surface area contributed by atoms with Crippen LogP contribution in [0.3, 0.4) is 0 Å².